The van der Waals surface area contributed by atoms with Gasteiger partial charge in [-0.1, -0.05) is 0 Å². The molecule has 3 atom stereocenters. The van der Waals surface area contributed by atoms with Crippen molar-refractivity contribution in [2.45, 2.75) is 30.2 Å². The highest BCUT2D eigenvalue weighted by atomic mass is 32.2. The molecule has 14 nitrogen and oxygen atoms in total. The largest absolute Gasteiger partial charge is 0.481 e. The quantitative estimate of drug-likeness (QED) is 0.265. The molecule has 4 fully saturated rings. The van der Waals surface area contributed by atoms with Gasteiger partial charge in [-0.25, -0.2) is 4.79 Å². The third-order valence-electron chi connectivity index (χ3n) is 6.83. The Hall–Kier alpha value is -2.01. The molecule has 4 aliphatic rings. The molecular formula is C25H47N5O9S. The van der Waals surface area contributed by atoms with E-state index in [0.717, 1.165) is 57.9 Å². The van der Waals surface area contributed by atoms with Gasteiger partial charge in [0.1, 0.15) is 11.3 Å². The van der Waals surface area contributed by atoms with Gasteiger partial charge in [0.2, 0.25) is 0 Å². The predicted molar refractivity (Wildman–Crippen MR) is 151 cm³/mol. The first-order valence-electron chi connectivity index (χ1n) is 13.4. The molecule has 3 unspecified atom stereocenters. The van der Waals surface area contributed by atoms with Crippen LogP contribution in [0.25, 0.3) is 0 Å². The van der Waals surface area contributed by atoms with Crippen molar-refractivity contribution in [3.05, 3.63) is 0 Å². The Morgan fingerprint density at radius 1 is 0.700 bits per heavy atom. The second kappa shape index (κ2) is 19.2. The molecule has 5 N–H and O–H groups in total. The molecule has 0 bridgehead atoms. The molecule has 0 radical (unpaired) electrons. The minimum atomic E-state index is -0.869. The van der Waals surface area contributed by atoms with Crippen molar-refractivity contribution < 1.29 is 44.3 Å². The number of hydrogen-bond acceptors (Lipinski definition) is 11. The number of ether oxygens (including phenoxy) is 1. The minimum Gasteiger partial charge on any atom is -0.481 e. The van der Waals surface area contributed by atoms with Crippen molar-refractivity contribution in [1.82, 2.24) is 24.9 Å². The summed E-state index contributed by atoms with van der Waals surface area (Å²) in [5.41, 5.74) is 0. The van der Waals surface area contributed by atoms with Crippen molar-refractivity contribution in [3.63, 3.8) is 0 Å². The number of nitrogens with zero attached hydrogens (tertiary/aromatic N) is 4. The molecule has 40 heavy (non-hydrogen) atoms. The summed E-state index contributed by atoms with van der Waals surface area (Å²) in [7, 11) is 7.79. The van der Waals surface area contributed by atoms with Gasteiger partial charge in [-0.05, 0) is 54.1 Å². The van der Waals surface area contributed by atoms with E-state index in [2.05, 4.69) is 15.1 Å². The van der Waals surface area contributed by atoms with E-state index in [9.17, 15) is 19.2 Å². The number of carboxylic acid groups (broad SMARTS) is 4. The monoisotopic (exact) mass is 593 g/mol. The molecule has 232 valence electrons. The molecule has 0 aromatic rings. The van der Waals surface area contributed by atoms with Crippen LogP contribution >= 0.6 is 11.8 Å². The van der Waals surface area contributed by atoms with Crippen LogP contribution in [0, 0.1) is 5.92 Å². The lowest BCUT2D eigenvalue weighted by molar-refractivity contribution is -0.155. The van der Waals surface area contributed by atoms with Gasteiger partial charge in [-0.2, -0.15) is 0 Å². The second-order valence-corrected chi connectivity index (χ2v) is 11.8. The van der Waals surface area contributed by atoms with E-state index in [0.29, 0.717) is 26.2 Å². The van der Waals surface area contributed by atoms with Crippen molar-refractivity contribution in [2.75, 3.05) is 99.5 Å². The number of likely N-dealkylation sites (tertiary alicyclic amines) is 1. The molecule has 0 saturated carbocycles. The van der Waals surface area contributed by atoms with Crippen LogP contribution in [0.4, 0.5) is 0 Å². The SMILES string of the molecule is CN1CCC(C(=O)O)CC1.CN1CCNC(C(=O)O)C1.CN1CCOC(C(=O)O)C1.CN1CCSC(C(=O)O)C1. The number of aliphatic carboxylic acids is 4. The fourth-order valence-electron chi connectivity index (χ4n) is 4.17. The number of piperidine rings is 1. The fourth-order valence-corrected chi connectivity index (χ4v) is 5.38. The van der Waals surface area contributed by atoms with Gasteiger partial charge in [0, 0.05) is 51.6 Å². The number of nitrogens with one attached hydrogen (secondary N) is 1. The summed E-state index contributed by atoms with van der Waals surface area (Å²) in [6.07, 6.45) is 0.997. The molecule has 4 rings (SSSR count). The Labute approximate surface area is 240 Å². The van der Waals surface area contributed by atoms with E-state index in [4.69, 9.17) is 25.2 Å². The van der Waals surface area contributed by atoms with E-state index < -0.39 is 30.0 Å². The number of piperazine rings is 1. The fraction of sp³-hybridized carbons (Fsp3) is 0.840. The van der Waals surface area contributed by atoms with Crippen molar-refractivity contribution in [1.29, 1.82) is 0 Å². The summed E-state index contributed by atoms with van der Waals surface area (Å²) in [5, 5.41) is 37.0. The van der Waals surface area contributed by atoms with Gasteiger partial charge < -0.3 is 50.1 Å². The summed E-state index contributed by atoms with van der Waals surface area (Å²) in [5.74, 6) is -2.09. The first kappa shape index (κ1) is 36.0. The average molecular weight is 594 g/mol. The van der Waals surface area contributed by atoms with Gasteiger partial charge in [0.15, 0.2) is 6.10 Å². The zero-order valence-corrected chi connectivity index (χ0v) is 24.8. The molecule has 4 heterocycles. The lowest BCUT2D eigenvalue weighted by atomic mass is 9.98. The molecule has 4 aliphatic heterocycles. The van der Waals surface area contributed by atoms with E-state index >= 15 is 0 Å². The van der Waals surface area contributed by atoms with Crippen molar-refractivity contribution in [3.8, 4) is 0 Å². The van der Waals surface area contributed by atoms with Crippen LogP contribution in [-0.2, 0) is 23.9 Å². The molecule has 0 amide bonds. The first-order chi connectivity index (χ1) is 18.8. The highest BCUT2D eigenvalue weighted by Gasteiger charge is 2.25. The Morgan fingerprint density at radius 3 is 1.70 bits per heavy atom. The number of thioether (sulfide) groups is 1. The summed E-state index contributed by atoms with van der Waals surface area (Å²) in [6, 6.07) is -0.376. The van der Waals surface area contributed by atoms with Crippen molar-refractivity contribution in [2.24, 2.45) is 5.92 Å². The maximum absolute atomic E-state index is 10.5. The third-order valence-corrected chi connectivity index (χ3v) is 8.01. The number of likely N-dealkylation sites (N-methyl/N-ethyl adjacent to an activating group) is 2. The molecule has 0 spiro atoms. The maximum Gasteiger partial charge on any atom is 0.334 e. The Kier molecular flexibility index (Phi) is 17.3. The Morgan fingerprint density at radius 2 is 1.30 bits per heavy atom. The number of rotatable bonds is 4. The normalized spacial score (nSPS) is 26.9. The van der Waals surface area contributed by atoms with Crippen LogP contribution in [0.15, 0.2) is 0 Å². The van der Waals surface area contributed by atoms with Gasteiger partial charge in [0.05, 0.1) is 12.5 Å². The standard InChI is InChI=1S/C7H13NO2.C6H12N2O2.C6H11NO3.C6H11NO2S/c1-8-4-2-6(3-5-8)7(9)10;1-8-3-2-7-5(4-8)6(9)10;2*1-7-2-3-10-5(4-7)6(8)9/h6H,2-5H2,1H3,(H,9,10);5,7H,2-4H2,1H3,(H,9,10);2*5H,2-4H2,1H3,(H,8,9). The predicted octanol–water partition coefficient (Wildman–Crippen LogP) is -1.09. The second-order valence-electron chi connectivity index (χ2n) is 10.4. The average Bonchev–Trinajstić information content (AvgIpc) is 2.90. The Balaban J connectivity index is 0.000000267. The zero-order chi connectivity index (χ0) is 30.2. The topological polar surface area (TPSA) is 183 Å². The number of hydrogen-bond donors (Lipinski definition) is 5. The highest BCUT2D eigenvalue weighted by molar-refractivity contribution is 8.00. The van der Waals surface area contributed by atoms with Gasteiger partial charge >= 0.3 is 23.9 Å². The number of carboxylic acids is 4. The lowest BCUT2D eigenvalue weighted by Crippen LogP contribution is -2.52. The minimum absolute atomic E-state index is 0.0869. The Bertz CT molecular complexity index is 725. The maximum atomic E-state index is 10.5. The summed E-state index contributed by atoms with van der Waals surface area (Å²) in [4.78, 5) is 49.8. The van der Waals surface area contributed by atoms with Crippen LogP contribution < -0.4 is 5.32 Å². The molecule has 0 aromatic carbocycles. The van der Waals surface area contributed by atoms with Crippen LogP contribution in [0.5, 0.6) is 0 Å². The number of morpholine rings is 1. The third kappa shape index (κ3) is 15.1. The molecule has 4 saturated heterocycles. The molecule has 0 aliphatic carbocycles. The lowest BCUT2D eigenvalue weighted by Gasteiger charge is -2.27. The zero-order valence-electron chi connectivity index (χ0n) is 24.0. The van der Waals surface area contributed by atoms with E-state index in [1.54, 1.807) is 0 Å². The first-order valence-corrected chi connectivity index (χ1v) is 14.5. The van der Waals surface area contributed by atoms with Gasteiger partial charge in [-0.3, -0.25) is 14.4 Å². The molecule has 15 heteroatoms. The van der Waals surface area contributed by atoms with Crippen LogP contribution in [0.3, 0.4) is 0 Å². The molecule has 0 aromatic heterocycles. The molecular weight excluding hydrogens is 546 g/mol. The van der Waals surface area contributed by atoms with Gasteiger partial charge in [0.25, 0.3) is 0 Å². The van der Waals surface area contributed by atoms with Crippen molar-refractivity contribution >= 4 is 35.6 Å². The van der Waals surface area contributed by atoms with Crippen LogP contribution in [0.2, 0.25) is 0 Å². The van der Waals surface area contributed by atoms with E-state index in [-0.39, 0.29) is 17.2 Å². The number of carbonyl (C=O) groups is 4. The van der Waals surface area contributed by atoms with Gasteiger partial charge in [-0.15, -0.1) is 11.8 Å². The summed E-state index contributed by atoms with van der Waals surface area (Å²) in [6.45, 7) is 7.70. The van der Waals surface area contributed by atoms with E-state index in [1.165, 1.54) is 11.8 Å². The smallest absolute Gasteiger partial charge is 0.334 e. The van der Waals surface area contributed by atoms with Crippen LogP contribution in [0.1, 0.15) is 12.8 Å². The van der Waals surface area contributed by atoms with E-state index in [1.807, 2.05) is 38.0 Å². The summed E-state index contributed by atoms with van der Waals surface area (Å²) < 4.78 is 4.97. The van der Waals surface area contributed by atoms with Crippen LogP contribution in [-0.4, -0.2) is 181 Å². The summed E-state index contributed by atoms with van der Waals surface area (Å²) >= 11 is 1.53. The highest BCUT2D eigenvalue weighted by Crippen LogP contribution is 2.17.